The fraction of sp³-hybridized carbons (Fsp3) is 0.189. The average molecular weight is 637 g/mol. The highest BCUT2D eigenvalue weighted by Gasteiger charge is 2.53. The van der Waals surface area contributed by atoms with Gasteiger partial charge in [0.05, 0.1) is 28.9 Å². The summed E-state index contributed by atoms with van der Waals surface area (Å²) in [6.07, 6.45) is -5.49. The highest BCUT2D eigenvalue weighted by Crippen LogP contribution is 2.31. The van der Waals surface area contributed by atoms with Gasteiger partial charge >= 0.3 is 23.9 Å². The second-order valence-electron chi connectivity index (χ2n) is 10.3. The standard InChI is InChI=1S/C37H32O10/c1-2-23-42-37-32(47-36(41)28-21-13-6-14-22-28)31(46-35(40)27-19-11-5-12-20-27)30(45-34(39)26-17-9-4-10-18-26)29(44-37)24-43-33(38)25-15-7-3-8-16-25/h2-22,29-32,37H,1,23-24H2/t29-,30-,31+,32-,37?/m1/s1. The number of benzene rings is 4. The molecule has 1 saturated heterocycles. The van der Waals surface area contributed by atoms with E-state index in [0.717, 1.165) is 0 Å². The van der Waals surface area contributed by atoms with Crippen molar-refractivity contribution >= 4 is 23.9 Å². The summed E-state index contributed by atoms with van der Waals surface area (Å²) in [4.78, 5) is 53.2. The van der Waals surface area contributed by atoms with Crippen LogP contribution in [0, 0.1) is 0 Å². The number of ether oxygens (including phenoxy) is 6. The van der Waals surface area contributed by atoms with E-state index in [-0.39, 0.29) is 28.9 Å². The predicted molar refractivity (Wildman–Crippen MR) is 168 cm³/mol. The highest BCUT2D eigenvalue weighted by atomic mass is 16.7. The topological polar surface area (TPSA) is 124 Å². The average Bonchev–Trinajstić information content (AvgIpc) is 3.13. The van der Waals surface area contributed by atoms with Crippen LogP contribution in [0.15, 0.2) is 134 Å². The second kappa shape index (κ2) is 16.1. The van der Waals surface area contributed by atoms with Gasteiger partial charge in [-0.1, -0.05) is 78.9 Å². The third-order valence-electron chi connectivity index (χ3n) is 7.12. The lowest BCUT2D eigenvalue weighted by atomic mass is 9.97. The Morgan fingerprint density at radius 3 is 1.36 bits per heavy atom. The normalized spacial score (nSPS) is 20.3. The molecule has 0 aliphatic carbocycles. The number of carbonyl (C=O) groups is 4. The largest absolute Gasteiger partial charge is 0.459 e. The summed E-state index contributed by atoms with van der Waals surface area (Å²) in [5.41, 5.74) is 0.876. The van der Waals surface area contributed by atoms with Crippen molar-refractivity contribution < 1.29 is 47.6 Å². The van der Waals surface area contributed by atoms with Gasteiger partial charge in [-0.3, -0.25) is 0 Å². The van der Waals surface area contributed by atoms with Crippen LogP contribution in [-0.4, -0.2) is 67.8 Å². The van der Waals surface area contributed by atoms with Gasteiger partial charge in [0, 0.05) is 0 Å². The first kappa shape index (κ1) is 32.8. The fourth-order valence-electron chi connectivity index (χ4n) is 4.82. The zero-order valence-corrected chi connectivity index (χ0v) is 25.2. The van der Waals surface area contributed by atoms with Gasteiger partial charge < -0.3 is 28.4 Å². The van der Waals surface area contributed by atoms with E-state index in [1.54, 1.807) is 121 Å². The zero-order valence-electron chi connectivity index (χ0n) is 25.2. The molecule has 1 aliphatic heterocycles. The van der Waals surface area contributed by atoms with E-state index in [1.165, 1.54) is 6.08 Å². The van der Waals surface area contributed by atoms with Crippen molar-refractivity contribution in [2.75, 3.05) is 13.2 Å². The highest BCUT2D eigenvalue weighted by molar-refractivity contribution is 5.91. The molecule has 0 bridgehead atoms. The van der Waals surface area contributed by atoms with Crippen molar-refractivity contribution in [1.82, 2.24) is 0 Å². The molecule has 240 valence electrons. The Labute approximate surface area is 271 Å². The maximum atomic E-state index is 13.5. The first-order chi connectivity index (χ1) is 22.9. The van der Waals surface area contributed by atoms with E-state index in [9.17, 15) is 19.2 Å². The van der Waals surface area contributed by atoms with Gasteiger partial charge in [-0.2, -0.15) is 0 Å². The van der Waals surface area contributed by atoms with E-state index in [0.29, 0.717) is 0 Å². The number of esters is 4. The van der Waals surface area contributed by atoms with Gasteiger partial charge in [-0.15, -0.1) is 6.58 Å². The Balaban J connectivity index is 1.53. The van der Waals surface area contributed by atoms with Crippen LogP contribution in [0.2, 0.25) is 0 Å². The summed E-state index contributed by atoms with van der Waals surface area (Å²) in [6, 6.07) is 32.7. The van der Waals surface area contributed by atoms with Crippen LogP contribution in [0.25, 0.3) is 0 Å². The summed E-state index contributed by atoms with van der Waals surface area (Å²) in [7, 11) is 0. The minimum absolute atomic E-state index is 0.0472. The van der Waals surface area contributed by atoms with E-state index in [4.69, 9.17) is 28.4 Å². The molecule has 0 saturated carbocycles. The molecule has 4 aromatic rings. The van der Waals surface area contributed by atoms with Crippen molar-refractivity contribution in [3.8, 4) is 0 Å². The van der Waals surface area contributed by atoms with E-state index in [2.05, 4.69) is 6.58 Å². The quantitative estimate of drug-likeness (QED) is 0.113. The zero-order chi connectivity index (χ0) is 33.0. The van der Waals surface area contributed by atoms with Gasteiger partial charge in [-0.05, 0) is 48.5 Å². The molecular formula is C37H32O10. The summed E-state index contributed by atoms with van der Waals surface area (Å²) in [5, 5.41) is 0. The Kier molecular flexibility index (Phi) is 11.3. The second-order valence-corrected chi connectivity index (χ2v) is 10.3. The summed E-state index contributed by atoms with van der Waals surface area (Å²) in [5.74, 6) is -3.00. The fourth-order valence-corrected chi connectivity index (χ4v) is 4.82. The van der Waals surface area contributed by atoms with Crippen molar-refractivity contribution in [3.63, 3.8) is 0 Å². The third kappa shape index (κ3) is 8.57. The summed E-state index contributed by atoms with van der Waals surface area (Å²) in [6.45, 7) is 3.19. The molecule has 1 unspecified atom stereocenters. The van der Waals surface area contributed by atoms with Crippen molar-refractivity contribution in [2.45, 2.75) is 30.7 Å². The predicted octanol–water partition coefficient (Wildman–Crippen LogP) is 5.45. The molecular weight excluding hydrogens is 604 g/mol. The molecule has 0 N–H and O–H groups in total. The third-order valence-corrected chi connectivity index (χ3v) is 7.12. The first-order valence-corrected chi connectivity index (χ1v) is 14.8. The SMILES string of the molecule is C=CCOC1O[C@H](COC(=O)c2ccccc2)[C@@H](OC(=O)c2ccccc2)[C@H](OC(=O)c2ccccc2)[C@H]1OC(=O)c1ccccc1. The van der Waals surface area contributed by atoms with Crippen LogP contribution in [0.3, 0.4) is 0 Å². The minimum Gasteiger partial charge on any atom is -0.459 e. The smallest absolute Gasteiger partial charge is 0.338 e. The number of carbonyl (C=O) groups excluding carboxylic acids is 4. The van der Waals surface area contributed by atoms with Crippen molar-refractivity contribution in [1.29, 1.82) is 0 Å². The van der Waals surface area contributed by atoms with Crippen LogP contribution in [0.1, 0.15) is 41.4 Å². The molecule has 0 aromatic heterocycles. The molecule has 10 nitrogen and oxygen atoms in total. The van der Waals surface area contributed by atoms with Crippen molar-refractivity contribution in [3.05, 3.63) is 156 Å². The molecule has 1 fully saturated rings. The van der Waals surface area contributed by atoms with Gasteiger partial charge in [0.1, 0.15) is 12.7 Å². The first-order valence-electron chi connectivity index (χ1n) is 14.8. The molecule has 10 heteroatoms. The Hall–Kier alpha value is -5.58. The minimum atomic E-state index is -1.48. The van der Waals surface area contributed by atoms with E-state index in [1.807, 2.05) is 0 Å². The van der Waals surface area contributed by atoms with Crippen LogP contribution < -0.4 is 0 Å². The summed E-state index contributed by atoms with van der Waals surface area (Å²) < 4.78 is 35.5. The van der Waals surface area contributed by atoms with Gasteiger partial charge in [-0.25, -0.2) is 19.2 Å². The molecule has 1 aliphatic rings. The molecule has 5 atom stereocenters. The monoisotopic (exact) mass is 636 g/mol. The molecule has 47 heavy (non-hydrogen) atoms. The van der Waals surface area contributed by atoms with Gasteiger partial charge in [0.15, 0.2) is 24.6 Å². The molecule has 0 amide bonds. The summed E-state index contributed by atoms with van der Waals surface area (Å²) >= 11 is 0. The Morgan fingerprint density at radius 1 is 0.553 bits per heavy atom. The van der Waals surface area contributed by atoms with Crippen molar-refractivity contribution in [2.24, 2.45) is 0 Å². The molecule has 1 heterocycles. The number of hydrogen-bond acceptors (Lipinski definition) is 10. The maximum Gasteiger partial charge on any atom is 0.338 e. The lowest BCUT2D eigenvalue weighted by molar-refractivity contribution is -0.295. The van der Waals surface area contributed by atoms with Crippen LogP contribution in [-0.2, 0) is 28.4 Å². The Bertz CT molecular complexity index is 1640. The molecule has 4 aromatic carbocycles. The Morgan fingerprint density at radius 2 is 0.936 bits per heavy atom. The van der Waals surface area contributed by atoms with Crippen LogP contribution in [0.4, 0.5) is 0 Å². The maximum absolute atomic E-state index is 13.5. The molecule has 0 spiro atoms. The van der Waals surface area contributed by atoms with E-state index < -0.39 is 61.2 Å². The lowest BCUT2D eigenvalue weighted by Crippen LogP contribution is -2.63. The lowest BCUT2D eigenvalue weighted by Gasteiger charge is -2.44. The van der Waals surface area contributed by atoms with Crippen LogP contribution in [0.5, 0.6) is 0 Å². The molecule has 0 radical (unpaired) electrons. The molecule has 5 rings (SSSR count). The van der Waals surface area contributed by atoms with E-state index >= 15 is 0 Å². The number of rotatable bonds is 12. The van der Waals surface area contributed by atoms with Gasteiger partial charge in [0.2, 0.25) is 0 Å². The van der Waals surface area contributed by atoms with Crippen LogP contribution >= 0.6 is 0 Å². The van der Waals surface area contributed by atoms with Gasteiger partial charge in [0.25, 0.3) is 0 Å². The number of hydrogen-bond donors (Lipinski definition) is 0.